The van der Waals surface area contributed by atoms with Crippen LogP contribution in [0, 0.1) is 16.7 Å². The van der Waals surface area contributed by atoms with E-state index < -0.39 is 24.1 Å². The van der Waals surface area contributed by atoms with E-state index in [4.69, 9.17) is 10.00 Å². The fourth-order valence-electron chi connectivity index (χ4n) is 2.24. The number of pyridine rings is 1. The van der Waals surface area contributed by atoms with Gasteiger partial charge in [0, 0.05) is 30.8 Å². The second kappa shape index (κ2) is 7.30. The van der Waals surface area contributed by atoms with Crippen LogP contribution in [0.1, 0.15) is 55.1 Å². The van der Waals surface area contributed by atoms with Gasteiger partial charge in [0.15, 0.2) is 6.61 Å². The second-order valence-corrected chi connectivity index (χ2v) is 6.97. The number of nitriles is 1. The molecule has 1 saturated carbocycles. The minimum Gasteiger partial charge on any atom is -0.484 e. The molecule has 1 aromatic rings. The first-order valence-electron chi connectivity index (χ1n) is 7.96. The summed E-state index contributed by atoms with van der Waals surface area (Å²) in [4.78, 5) is 16.3. The lowest BCUT2D eigenvalue weighted by molar-refractivity contribution is -0.153. The summed E-state index contributed by atoms with van der Waals surface area (Å²) in [7, 11) is 0. The number of hydrogen-bond donors (Lipinski definition) is 1. The molecule has 8 heteroatoms. The van der Waals surface area contributed by atoms with E-state index in [2.05, 4.69) is 10.3 Å². The normalized spacial score (nSPS) is 14.7. The largest absolute Gasteiger partial charge is 0.484 e. The fraction of sp³-hybridized carbons (Fsp3) is 0.588. The smallest absolute Gasteiger partial charge is 0.422 e. The first-order valence-corrected chi connectivity index (χ1v) is 7.96. The Balaban J connectivity index is 2.10. The molecule has 0 bridgehead atoms. The fourth-order valence-corrected chi connectivity index (χ4v) is 2.24. The van der Waals surface area contributed by atoms with E-state index >= 15 is 0 Å². The Morgan fingerprint density at radius 1 is 1.44 bits per heavy atom. The molecule has 1 aromatic heterocycles. The Kier molecular flexibility index (Phi) is 5.55. The van der Waals surface area contributed by atoms with Gasteiger partial charge in [0.25, 0.3) is 5.91 Å². The van der Waals surface area contributed by atoms with Gasteiger partial charge in [-0.1, -0.05) is 13.8 Å². The molecule has 1 heterocycles. The van der Waals surface area contributed by atoms with Crippen LogP contribution >= 0.6 is 0 Å². The van der Waals surface area contributed by atoms with E-state index in [0.717, 1.165) is 12.8 Å². The summed E-state index contributed by atoms with van der Waals surface area (Å²) < 4.78 is 42.2. The lowest BCUT2D eigenvalue weighted by Crippen LogP contribution is -2.34. The quantitative estimate of drug-likeness (QED) is 0.811. The number of rotatable bonds is 7. The number of nitrogens with one attached hydrogen (secondary N) is 1. The molecule has 25 heavy (non-hydrogen) atoms. The van der Waals surface area contributed by atoms with Crippen LogP contribution in [0.5, 0.6) is 5.75 Å². The topological polar surface area (TPSA) is 75.0 Å². The molecule has 2 rings (SSSR count). The second-order valence-electron chi connectivity index (χ2n) is 6.97. The molecule has 0 spiro atoms. The van der Waals surface area contributed by atoms with E-state index in [1.807, 2.05) is 19.9 Å². The van der Waals surface area contributed by atoms with Crippen molar-refractivity contribution in [1.82, 2.24) is 10.3 Å². The lowest BCUT2D eigenvalue weighted by Gasteiger charge is -2.21. The van der Waals surface area contributed by atoms with Crippen LogP contribution in [-0.2, 0) is 0 Å². The van der Waals surface area contributed by atoms with Crippen molar-refractivity contribution in [3.63, 3.8) is 0 Å². The monoisotopic (exact) mass is 355 g/mol. The summed E-state index contributed by atoms with van der Waals surface area (Å²) in [5, 5.41) is 11.4. The summed E-state index contributed by atoms with van der Waals surface area (Å²) in [6, 6.07) is 3.30. The maximum atomic E-state index is 12.4. The highest BCUT2D eigenvalue weighted by Crippen LogP contribution is 2.44. The van der Waals surface area contributed by atoms with E-state index in [1.54, 1.807) is 0 Å². The highest BCUT2D eigenvalue weighted by atomic mass is 19.4. The molecular formula is C17H20F3N3O2. The summed E-state index contributed by atoms with van der Waals surface area (Å²) >= 11 is 0. The van der Waals surface area contributed by atoms with Gasteiger partial charge < -0.3 is 10.1 Å². The Morgan fingerprint density at radius 3 is 2.68 bits per heavy atom. The molecule has 136 valence electrons. The molecule has 0 atom stereocenters. The highest BCUT2D eigenvalue weighted by Gasteiger charge is 2.32. The number of aromatic nitrogens is 1. The molecular weight excluding hydrogens is 335 g/mol. The number of hydrogen-bond acceptors (Lipinski definition) is 4. The molecule has 0 radical (unpaired) electrons. The van der Waals surface area contributed by atoms with Gasteiger partial charge in [0.1, 0.15) is 11.4 Å². The predicted octanol–water partition coefficient (Wildman–Crippen LogP) is 3.57. The number of halogens is 3. The van der Waals surface area contributed by atoms with Gasteiger partial charge in [-0.3, -0.25) is 9.78 Å². The average Bonchev–Trinajstić information content (AvgIpc) is 3.34. The highest BCUT2D eigenvalue weighted by molar-refractivity contribution is 5.92. The molecule has 0 aromatic carbocycles. The van der Waals surface area contributed by atoms with Crippen molar-refractivity contribution >= 4 is 5.91 Å². The van der Waals surface area contributed by atoms with Crippen molar-refractivity contribution in [3.05, 3.63) is 23.5 Å². The van der Waals surface area contributed by atoms with E-state index in [-0.39, 0.29) is 30.3 Å². The van der Waals surface area contributed by atoms with E-state index in [0.29, 0.717) is 5.56 Å². The van der Waals surface area contributed by atoms with Crippen molar-refractivity contribution in [3.8, 4) is 11.8 Å². The summed E-state index contributed by atoms with van der Waals surface area (Å²) in [5.41, 5.74) is 0.188. The van der Waals surface area contributed by atoms with Gasteiger partial charge in [0.2, 0.25) is 0 Å². The van der Waals surface area contributed by atoms with Crippen LogP contribution in [0.2, 0.25) is 0 Å². The van der Waals surface area contributed by atoms with Crippen molar-refractivity contribution in [2.75, 3.05) is 13.2 Å². The summed E-state index contributed by atoms with van der Waals surface area (Å²) in [6.45, 7) is 2.51. The number of carbonyl (C=O) groups is 1. The van der Waals surface area contributed by atoms with Gasteiger partial charge in [0.05, 0.1) is 6.07 Å². The Morgan fingerprint density at radius 2 is 2.12 bits per heavy atom. The van der Waals surface area contributed by atoms with Gasteiger partial charge in [-0.25, -0.2) is 0 Å². The molecule has 0 saturated heterocycles. The molecule has 0 aliphatic heterocycles. The zero-order valence-electron chi connectivity index (χ0n) is 14.1. The first kappa shape index (κ1) is 19.0. The van der Waals surface area contributed by atoms with Crippen LogP contribution in [0.4, 0.5) is 13.2 Å². The number of ether oxygens (including phenoxy) is 1. The third-order valence-corrected chi connectivity index (χ3v) is 3.82. The predicted molar refractivity (Wildman–Crippen MR) is 84.1 cm³/mol. The maximum Gasteiger partial charge on any atom is 0.422 e. The number of nitrogens with zero attached hydrogens (tertiary/aromatic N) is 2. The van der Waals surface area contributed by atoms with Crippen molar-refractivity contribution in [2.24, 2.45) is 5.41 Å². The SMILES string of the molecule is CC(C)(CC#N)CNC(=O)c1cc(OCC(F)(F)F)c(C2CC2)cn1. The summed E-state index contributed by atoms with van der Waals surface area (Å²) in [6.07, 6.45) is -1.02. The van der Waals surface area contributed by atoms with Gasteiger partial charge in [-0.05, 0) is 24.2 Å². The third-order valence-electron chi connectivity index (χ3n) is 3.82. The van der Waals surface area contributed by atoms with Crippen LogP contribution in [0.25, 0.3) is 0 Å². The van der Waals surface area contributed by atoms with Gasteiger partial charge >= 0.3 is 6.18 Å². The Bertz CT molecular complexity index is 677. The Hall–Kier alpha value is -2.30. The minimum absolute atomic E-state index is 0.00525. The lowest BCUT2D eigenvalue weighted by atomic mass is 9.90. The van der Waals surface area contributed by atoms with Crippen molar-refractivity contribution in [1.29, 1.82) is 5.26 Å². The van der Waals surface area contributed by atoms with E-state index in [9.17, 15) is 18.0 Å². The molecule has 5 nitrogen and oxygen atoms in total. The summed E-state index contributed by atoms with van der Waals surface area (Å²) in [5.74, 6) is -0.316. The van der Waals surface area contributed by atoms with Crippen LogP contribution < -0.4 is 10.1 Å². The zero-order valence-corrected chi connectivity index (χ0v) is 14.1. The average molecular weight is 355 g/mol. The van der Waals surface area contributed by atoms with Crippen LogP contribution in [0.3, 0.4) is 0 Å². The first-order chi connectivity index (χ1) is 11.6. The maximum absolute atomic E-state index is 12.4. The zero-order chi connectivity index (χ0) is 18.7. The van der Waals surface area contributed by atoms with Crippen LogP contribution in [-0.4, -0.2) is 30.2 Å². The molecule has 1 fully saturated rings. The minimum atomic E-state index is -4.45. The number of carbonyl (C=O) groups excluding carboxylic acids is 1. The molecule has 1 N–H and O–H groups in total. The van der Waals surface area contributed by atoms with E-state index in [1.165, 1.54) is 12.3 Å². The molecule has 1 aliphatic carbocycles. The molecule has 1 aliphatic rings. The van der Waals surface area contributed by atoms with Crippen LogP contribution in [0.15, 0.2) is 12.3 Å². The van der Waals surface area contributed by atoms with Gasteiger partial charge in [-0.15, -0.1) is 0 Å². The van der Waals surface area contributed by atoms with Crippen molar-refractivity contribution in [2.45, 2.75) is 45.2 Å². The number of alkyl halides is 3. The van der Waals surface area contributed by atoms with Gasteiger partial charge in [-0.2, -0.15) is 18.4 Å². The third kappa shape index (κ3) is 5.93. The standard InChI is InChI=1S/C17H20F3N3O2/c1-16(2,5-6-21)9-23-15(24)13-7-14(25-10-17(18,19)20)12(8-22-13)11-3-4-11/h7-8,11H,3-5,9-10H2,1-2H3,(H,23,24). The molecule has 0 unspecified atom stereocenters. The Labute approximate surface area is 144 Å². The van der Waals surface area contributed by atoms with Crippen molar-refractivity contribution < 1.29 is 22.7 Å². The number of amides is 1. The molecule has 1 amide bonds.